The van der Waals surface area contributed by atoms with Crippen LogP contribution in [0.25, 0.3) is 5.57 Å². The van der Waals surface area contributed by atoms with Gasteiger partial charge in [-0.3, -0.25) is 9.35 Å². The summed E-state index contributed by atoms with van der Waals surface area (Å²) >= 11 is 13.5. The van der Waals surface area contributed by atoms with Crippen molar-refractivity contribution in [3.63, 3.8) is 0 Å². The zero-order valence-electron chi connectivity index (χ0n) is 17.0. The Hall–Kier alpha value is -0.0400. The second-order valence-corrected chi connectivity index (χ2v) is 11.4. The van der Waals surface area contributed by atoms with Crippen LogP contribution in [0.1, 0.15) is 23.6 Å². The smallest absolute Gasteiger partial charge is 0.506 e. The maximum Gasteiger partial charge on any atom is 1.00 e. The Morgan fingerprint density at radius 3 is 2.22 bits per heavy atom. The van der Waals surface area contributed by atoms with E-state index >= 15 is 0 Å². The fourth-order valence-corrected chi connectivity index (χ4v) is 6.20. The number of benzene rings is 2. The van der Waals surface area contributed by atoms with E-state index in [1.165, 1.54) is 12.1 Å². The number of phenols is 1. The number of rotatable bonds is 3. The number of hydrogen-bond donors (Lipinski definition) is 2. The van der Waals surface area contributed by atoms with Crippen molar-refractivity contribution in [1.82, 2.24) is 0 Å². The molecule has 0 aromatic heterocycles. The predicted octanol–water partition coefficient (Wildman–Crippen LogP) is 3.78. The number of carbonyl (C=O) groups excluding carboxylic acids is 1. The van der Waals surface area contributed by atoms with Gasteiger partial charge in [0.2, 0.25) is 0 Å². The fraction of sp³-hybridized carbons (Fsp3) is 0.0952. The van der Waals surface area contributed by atoms with Crippen LogP contribution < -0.4 is 29.6 Å². The summed E-state index contributed by atoms with van der Waals surface area (Å²) in [6.45, 7) is 3.56. The first-order valence-corrected chi connectivity index (χ1v) is 13.3. The van der Waals surface area contributed by atoms with Crippen molar-refractivity contribution >= 4 is 85.2 Å². The van der Waals surface area contributed by atoms with E-state index in [4.69, 9.17) is 0 Å². The van der Waals surface area contributed by atoms with Crippen molar-refractivity contribution in [3.8, 4) is 5.75 Å². The third kappa shape index (κ3) is 5.28. The molecule has 0 radical (unpaired) electrons. The molecule has 32 heavy (non-hydrogen) atoms. The summed E-state index contributed by atoms with van der Waals surface area (Å²) < 4.78 is 36.0. The standard InChI is InChI=1S/C21H14Br4O5S.Na/c1-9-12(7-14(22)20(26)18(9)24)17(11-5-3-4-6-16(11)31(28,29)30)13-8-15(23)21(27)19(25)10(13)2;/h3-8,26H,1-2H3,(H,28,29,30);/q;+1/p+1/b17-13-;. The van der Waals surface area contributed by atoms with Crippen molar-refractivity contribution in [2.24, 2.45) is 0 Å². The molecule has 5 nitrogen and oxygen atoms in total. The predicted molar refractivity (Wildman–Crippen MR) is 136 cm³/mol. The van der Waals surface area contributed by atoms with E-state index in [0.29, 0.717) is 45.8 Å². The number of phenolic OH excluding ortho intramolecular Hbond substituents is 1. The summed E-state index contributed by atoms with van der Waals surface area (Å²) in [5.41, 5.74) is 3.29. The zero-order chi connectivity index (χ0) is 23.2. The van der Waals surface area contributed by atoms with Gasteiger partial charge in [-0.05, 0) is 124 Å². The second kappa shape index (κ2) is 10.7. The molecule has 1 aliphatic rings. The Bertz CT molecular complexity index is 1340. The monoisotopic (exact) mass is 718 g/mol. The Morgan fingerprint density at radius 1 is 1.03 bits per heavy atom. The Morgan fingerprint density at radius 2 is 1.62 bits per heavy atom. The summed E-state index contributed by atoms with van der Waals surface area (Å²) in [5, 5.41) is 10.3. The number of ketones is 1. The summed E-state index contributed by atoms with van der Waals surface area (Å²) in [4.78, 5) is 10.1. The van der Waals surface area contributed by atoms with Gasteiger partial charge in [0, 0.05) is 5.56 Å². The summed E-state index contributed by atoms with van der Waals surface area (Å²) in [6, 6.07) is 7.80. The molecule has 0 atom stereocenters. The molecule has 0 bridgehead atoms. The van der Waals surface area contributed by atoms with Crippen LogP contribution in [0, 0.1) is 6.92 Å². The molecule has 0 saturated heterocycles. The van der Waals surface area contributed by atoms with Crippen LogP contribution in [0.15, 0.2) is 70.4 Å². The molecule has 162 valence electrons. The normalized spacial score (nSPS) is 16.0. The van der Waals surface area contributed by atoms with Crippen molar-refractivity contribution in [2.75, 3.05) is 0 Å². The van der Waals surface area contributed by atoms with Crippen molar-refractivity contribution < 1.29 is 52.4 Å². The molecule has 0 aliphatic heterocycles. The van der Waals surface area contributed by atoms with Gasteiger partial charge in [0.1, 0.15) is 19.6 Å². The summed E-state index contributed by atoms with van der Waals surface area (Å²) in [5.74, 6) is 0.0157. The first-order chi connectivity index (χ1) is 14.4. The molecule has 0 spiro atoms. The van der Waals surface area contributed by atoms with Crippen LogP contribution in [0.4, 0.5) is 0 Å². The van der Waals surface area contributed by atoms with Crippen LogP contribution in [-0.4, -0.2) is 28.7 Å². The van der Waals surface area contributed by atoms with E-state index in [1.54, 1.807) is 38.1 Å². The van der Waals surface area contributed by atoms with E-state index in [0.717, 1.165) is 0 Å². The minimum Gasteiger partial charge on any atom is -0.506 e. The van der Waals surface area contributed by atoms with Crippen LogP contribution in [0.3, 0.4) is 0 Å². The maximum atomic E-state index is 12.2. The fourth-order valence-electron chi connectivity index (χ4n) is 3.26. The maximum absolute atomic E-state index is 12.2. The van der Waals surface area contributed by atoms with Gasteiger partial charge in [-0.1, -0.05) is 18.2 Å². The summed E-state index contributed by atoms with van der Waals surface area (Å²) in [7, 11) is -4.54. The minimum absolute atomic E-state index is 0. The Balaban J connectivity index is 0.00000363. The number of halogens is 4. The molecule has 0 amide bonds. The number of allylic oxidation sites excluding steroid dienone is 5. The zero-order valence-corrected chi connectivity index (χ0v) is 26.2. The van der Waals surface area contributed by atoms with Crippen molar-refractivity contribution in [2.45, 2.75) is 18.7 Å². The van der Waals surface area contributed by atoms with Crippen LogP contribution in [0.5, 0.6) is 5.75 Å². The SMILES string of the molecule is CC1=C(Br)C(=[OH+])C(Br)=C/C1=C(\c1ccccc1S(=O)(=O)O)c1cc(Br)c(O)c(Br)c1C.[Na+]. The van der Waals surface area contributed by atoms with Gasteiger partial charge in [0.05, 0.1) is 8.95 Å². The van der Waals surface area contributed by atoms with E-state index in [9.17, 15) is 22.9 Å². The first kappa shape index (κ1) is 28.2. The van der Waals surface area contributed by atoms with Crippen LogP contribution in [-0.2, 0) is 10.1 Å². The molecule has 11 heteroatoms. The van der Waals surface area contributed by atoms with Crippen LogP contribution >= 0.6 is 63.7 Å². The van der Waals surface area contributed by atoms with Gasteiger partial charge >= 0.3 is 35.3 Å². The second-order valence-electron chi connectivity index (χ2n) is 6.73. The molecular weight excluding hydrogens is 707 g/mol. The van der Waals surface area contributed by atoms with Gasteiger partial charge in [0.25, 0.3) is 10.1 Å². The quantitative estimate of drug-likeness (QED) is 0.287. The topological polar surface area (TPSA) is 96.0 Å². The molecule has 2 aromatic rings. The van der Waals surface area contributed by atoms with Gasteiger partial charge in [-0.15, -0.1) is 0 Å². The molecule has 1 aliphatic carbocycles. The average molecular weight is 722 g/mol. The average Bonchev–Trinajstić information content (AvgIpc) is 2.72. The molecule has 3 rings (SSSR count). The Labute approximate surface area is 241 Å². The summed E-state index contributed by atoms with van der Waals surface area (Å²) in [6.07, 6.45) is 1.68. The number of aromatic hydroxyl groups is 1. The van der Waals surface area contributed by atoms with Gasteiger partial charge in [0.15, 0.2) is 0 Å². The van der Waals surface area contributed by atoms with Gasteiger partial charge in [-0.2, -0.15) is 8.42 Å². The first-order valence-electron chi connectivity index (χ1n) is 8.66. The molecule has 0 heterocycles. The number of hydrogen-bond acceptors (Lipinski definition) is 3. The van der Waals surface area contributed by atoms with E-state index < -0.39 is 10.1 Å². The molecule has 2 aromatic carbocycles. The Kier molecular flexibility index (Phi) is 9.43. The van der Waals surface area contributed by atoms with Crippen molar-refractivity contribution in [3.05, 3.63) is 82.2 Å². The molecule has 3 N–H and O–H groups in total. The molecule has 0 saturated carbocycles. The third-order valence-corrected chi connectivity index (χ3v) is 8.91. The minimum atomic E-state index is -4.54. The largest absolute Gasteiger partial charge is 1.00 e. The van der Waals surface area contributed by atoms with E-state index in [-0.39, 0.29) is 51.5 Å². The molecular formula is C21H15Br4NaO5S+2. The molecule has 0 unspecified atom stereocenters. The third-order valence-electron chi connectivity index (χ3n) is 4.85. The van der Waals surface area contributed by atoms with Gasteiger partial charge < -0.3 is 5.11 Å². The van der Waals surface area contributed by atoms with E-state index in [2.05, 4.69) is 63.7 Å². The van der Waals surface area contributed by atoms with Crippen molar-refractivity contribution in [1.29, 1.82) is 0 Å². The molecule has 0 fully saturated rings. The van der Waals surface area contributed by atoms with E-state index in [1.807, 2.05) is 0 Å². The van der Waals surface area contributed by atoms with Crippen LogP contribution in [0.2, 0.25) is 0 Å². The van der Waals surface area contributed by atoms with Gasteiger partial charge in [-0.25, -0.2) is 0 Å².